The first kappa shape index (κ1) is 9.36. The summed E-state index contributed by atoms with van der Waals surface area (Å²) < 4.78 is 1.65. The molecule has 0 radical (unpaired) electrons. The van der Waals surface area contributed by atoms with E-state index in [-0.39, 0.29) is 0 Å². The van der Waals surface area contributed by atoms with Crippen LogP contribution < -0.4 is 4.80 Å². The summed E-state index contributed by atoms with van der Waals surface area (Å²) in [6.07, 6.45) is 0. The second kappa shape index (κ2) is 3.89. The number of hydrogen-bond acceptors (Lipinski definition) is 4. The maximum absolute atomic E-state index is 5.75. The molecule has 72 valence electrons. The second-order valence-corrected chi connectivity index (χ2v) is 4.13. The molecule has 14 heavy (non-hydrogen) atoms. The molecule has 0 saturated carbocycles. The van der Waals surface area contributed by atoms with Gasteiger partial charge in [-0.15, -0.1) is 0 Å². The smallest absolute Gasteiger partial charge is 0.217 e. The number of hydrogen-bond donors (Lipinski definition) is 0. The highest BCUT2D eigenvalue weighted by molar-refractivity contribution is 7.03. The minimum atomic E-state index is 0.634. The molecule has 1 aromatic carbocycles. The Hall–Kier alpha value is -1.20. The average molecular weight is 227 g/mol. The lowest BCUT2D eigenvalue weighted by Gasteiger charge is -1.90. The fourth-order valence-electron chi connectivity index (χ4n) is 0.925. The summed E-state index contributed by atoms with van der Waals surface area (Å²) in [6.45, 7) is 0. The van der Waals surface area contributed by atoms with Crippen LogP contribution in [0.5, 0.6) is 0 Å². The number of aryl methyl sites for hydroxylation is 1. The number of nitrogens with zero attached hydrogens (tertiary/aromatic N) is 4. The molecule has 2 rings (SSSR count). The second-order valence-electron chi connectivity index (χ2n) is 2.62. The Balaban J connectivity index is 2.38. The highest BCUT2D eigenvalue weighted by Crippen LogP contribution is 2.15. The fourth-order valence-corrected chi connectivity index (χ4v) is 1.58. The van der Waals surface area contributed by atoms with Gasteiger partial charge in [-0.3, -0.25) is 0 Å². The van der Waals surface area contributed by atoms with Gasteiger partial charge in [0.25, 0.3) is 0 Å². The van der Waals surface area contributed by atoms with Gasteiger partial charge in [0.15, 0.2) is 0 Å². The molecule has 0 fully saturated rings. The third-order valence-electron chi connectivity index (χ3n) is 1.52. The molecule has 0 atom stereocenters. The molecule has 0 bridgehead atoms. The van der Waals surface area contributed by atoms with Crippen molar-refractivity contribution in [3.8, 4) is 0 Å². The Labute approximate surface area is 89.6 Å². The predicted molar refractivity (Wildman–Crippen MR) is 55.6 cm³/mol. The Morgan fingerprint density at radius 2 is 2.07 bits per heavy atom. The van der Waals surface area contributed by atoms with Crippen LogP contribution in [0.3, 0.4) is 0 Å². The van der Waals surface area contributed by atoms with Gasteiger partial charge in [-0.2, -0.15) is 0 Å². The zero-order chi connectivity index (χ0) is 9.97. The third kappa shape index (κ3) is 2.18. The van der Waals surface area contributed by atoms with Gasteiger partial charge in [0, 0.05) is 23.6 Å². The fraction of sp³-hybridized carbons (Fsp3) is 0.125. The van der Waals surface area contributed by atoms with Gasteiger partial charge in [0.05, 0.1) is 5.69 Å². The SMILES string of the molecule is Cn1nnc(=Nc2ccc(Cl)cc2)s1. The van der Waals surface area contributed by atoms with Crippen LogP contribution in [-0.4, -0.2) is 14.4 Å². The molecule has 6 heteroatoms. The molecule has 1 aromatic heterocycles. The van der Waals surface area contributed by atoms with Gasteiger partial charge in [0.1, 0.15) is 0 Å². The molecule has 0 unspecified atom stereocenters. The van der Waals surface area contributed by atoms with Crippen molar-refractivity contribution in [3.05, 3.63) is 34.1 Å². The molecule has 0 aliphatic heterocycles. The van der Waals surface area contributed by atoms with Crippen molar-refractivity contribution in [1.29, 1.82) is 0 Å². The summed E-state index contributed by atoms with van der Waals surface area (Å²) in [5, 5.41) is 8.36. The van der Waals surface area contributed by atoms with E-state index in [0.717, 1.165) is 5.69 Å². The molecule has 0 saturated heterocycles. The summed E-state index contributed by atoms with van der Waals surface area (Å²) >= 11 is 7.13. The summed E-state index contributed by atoms with van der Waals surface area (Å²) in [4.78, 5) is 4.90. The van der Waals surface area contributed by atoms with E-state index in [1.165, 1.54) is 11.5 Å². The molecular formula is C8H7ClN4S. The Kier molecular flexibility index (Phi) is 2.60. The molecule has 0 amide bonds. The topological polar surface area (TPSA) is 43.1 Å². The van der Waals surface area contributed by atoms with Crippen molar-refractivity contribution in [2.45, 2.75) is 0 Å². The van der Waals surface area contributed by atoms with Crippen LogP contribution in [0.25, 0.3) is 0 Å². The van der Waals surface area contributed by atoms with Crippen molar-refractivity contribution in [2.75, 3.05) is 0 Å². The lowest BCUT2D eigenvalue weighted by Crippen LogP contribution is -1.95. The molecule has 1 heterocycles. The molecule has 4 nitrogen and oxygen atoms in total. The van der Waals surface area contributed by atoms with Crippen LogP contribution in [0.4, 0.5) is 5.69 Å². The van der Waals surface area contributed by atoms with E-state index in [2.05, 4.69) is 15.3 Å². The van der Waals surface area contributed by atoms with E-state index in [1.54, 1.807) is 16.2 Å². The van der Waals surface area contributed by atoms with E-state index < -0.39 is 0 Å². The summed E-state index contributed by atoms with van der Waals surface area (Å²) in [7, 11) is 1.82. The predicted octanol–water partition coefficient (Wildman–Crippen LogP) is 1.76. The van der Waals surface area contributed by atoms with E-state index in [9.17, 15) is 0 Å². The molecule has 2 aromatic rings. The van der Waals surface area contributed by atoms with Gasteiger partial charge < -0.3 is 0 Å². The van der Waals surface area contributed by atoms with Crippen LogP contribution in [0.1, 0.15) is 0 Å². The first-order valence-corrected chi connectivity index (χ1v) is 5.07. The average Bonchev–Trinajstić information content (AvgIpc) is 2.56. The number of aromatic nitrogens is 3. The molecule has 0 N–H and O–H groups in total. The third-order valence-corrected chi connectivity index (χ3v) is 2.45. The molecular weight excluding hydrogens is 220 g/mol. The van der Waals surface area contributed by atoms with Gasteiger partial charge in [-0.1, -0.05) is 21.9 Å². The Morgan fingerprint density at radius 1 is 1.36 bits per heavy atom. The van der Waals surface area contributed by atoms with Gasteiger partial charge in [-0.25, -0.2) is 9.06 Å². The highest BCUT2D eigenvalue weighted by Gasteiger charge is 1.92. The molecule has 0 aliphatic rings. The van der Waals surface area contributed by atoms with E-state index in [1.807, 2.05) is 19.2 Å². The van der Waals surface area contributed by atoms with Crippen LogP contribution in [0, 0.1) is 0 Å². The van der Waals surface area contributed by atoms with Crippen LogP contribution >= 0.6 is 23.1 Å². The van der Waals surface area contributed by atoms with Gasteiger partial charge >= 0.3 is 0 Å². The lowest BCUT2D eigenvalue weighted by atomic mass is 10.3. The minimum absolute atomic E-state index is 0.634. The maximum Gasteiger partial charge on any atom is 0.249 e. The summed E-state index contributed by atoms with van der Waals surface area (Å²) in [5.41, 5.74) is 0.825. The lowest BCUT2D eigenvalue weighted by molar-refractivity contribution is 0.754. The minimum Gasteiger partial charge on any atom is -0.217 e. The Morgan fingerprint density at radius 3 is 2.64 bits per heavy atom. The van der Waals surface area contributed by atoms with E-state index >= 15 is 0 Å². The highest BCUT2D eigenvalue weighted by atomic mass is 35.5. The molecule has 0 spiro atoms. The van der Waals surface area contributed by atoms with Gasteiger partial charge in [0.2, 0.25) is 4.80 Å². The largest absolute Gasteiger partial charge is 0.249 e. The van der Waals surface area contributed by atoms with Gasteiger partial charge in [-0.05, 0) is 24.3 Å². The van der Waals surface area contributed by atoms with Crippen molar-refractivity contribution >= 4 is 28.8 Å². The first-order chi connectivity index (χ1) is 6.74. The summed E-state index contributed by atoms with van der Waals surface area (Å²) in [6, 6.07) is 7.26. The standard InChI is InChI=1S/C8H7ClN4S/c1-13-12-11-8(14-13)10-7-4-2-6(9)3-5-7/h2-5H,1H3. The normalized spacial score (nSPS) is 12.0. The number of rotatable bonds is 1. The van der Waals surface area contributed by atoms with Crippen molar-refractivity contribution < 1.29 is 0 Å². The van der Waals surface area contributed by atoms with Crippen LogP contribution in [-0.2, 0) is 7.05 Å². The number of halogens is 1. The summed E-state index contributed by atoms with van der Waals surface area (Å²) in [5.74, 6) is 0. The molecule has 0 aliphatic carbocycles. The maximum atomic E-state index is 5.75. The Bertz CT molecular complexity index is 485. The van der Waals surface area contributed by atoms with Crippen LogP contribution in [0.15, 0.2) is 29.3 Å². The van der Waals surface area contributed by atoms with Crippen molar-refractivity contribution in [3.63, 3.8) is 0 Å². The van der Waals surface area contributed by atoms with E-state index in [0.29, 0.717) is 9.82 Å². The quantitative estimate of drug-likeness (QED) is 0.744. The van der Waals surface area contributed by atoms with Crippen molar-refractivity contribution in [1.82, 2.24) is 14.4 Å². The van der Waals surface area contributed by atoms with Crippen LogP contribution in [0.2, 0.25) is 5.02 Å². The zero-order valence-corrected chi connectivity index (χ0v) is 8.96. The zero-order valence-electron chi connectivity index (χ0n) is 7.38. The number of benzene rings is 1. The first-order valence-electron chi connectivity index (χ1n) is 3.92. The van der Waals surface area contributed by atoms with E-state index in [4.69, 9.17) is 11.6 Å². The van der Waals surface area contributed by atoms with Crippen molar-refractivity contribution in [2.24, 2.45) is 12.0 Å². The monoisotopic (exact) mass is 226 g/mol.